The lowest BCUT2D eigenvalue weighted by Gasteiger charge is -2.30. The quantitative estimate of drug-likeness (QED) is 0.00968. The van der Waals surface area contributed by atoms with Crippen LogP contribution in [0.3, 0.4) is 0 Å². The van der Waals surface area contributed by atoms with Gasteiger partial charge in [-0.2, -0.15) is 29.8 Å². The van der Waals surface area contributed by atoms with Crippen molar-refractivity contribution in [3.05, 3.63) is 161 Å². The molecule has 0 aliphatic carbocycles. The van der Waals surface area contributed by atoms with Crippen molar-refractivity contribution in [2.75, 3.05) is 116 Å². The lowest BCUT2D eigenvalue weighted by molar-refractivity contribution is -0.438. The number of fused-ring (bicyclic) bond motifs is 2. The minimum Gasteiger partial charge on any atom is -0.744 e. The van der Waals surface area contributed by atoms with E-state index < -0.39 is 92.4 Å². The Morgan fingerprint density at radius 3 is 1.74 bits per heavy atom. The molecule has 2 aliphatic heterocycles. The van der Waals surface area contributed by atoms with Crippen LogP contribution in [0.15, 0.2) is 149 Å². The molecular formula is C67H85N4O21PS4. The van der Waals surface area contributed by atoms with Crippen molar-refractivity contribution in [3.63, 3.8) is 0 Å². The second-order valence-corrected chi connectivity index (χ2v) is 31.5. The van der Waals surface area contributed by atoms with Gasteiger partial charge in [0.1, 0.15) is 16.7 Å². The van der Waals surface area contributed by atoms with Gasteiger partial charge in [-0.1, -0.05) is 66.7 Å². The van der Waals surface area contributed by atoms with E-state index >= 15 is 0 Å². The number of hydrogen-bond donors (Lipinski definition) is 5. The Balaban J connectivity index is 1.10. The molecule has 0 fully saturated rings. The number of rotatable bonds is 41. The number of nitrogens with zero attached hydrogens (tertiary/aromatic N) is 2. The fourth-order valence-corrected chi connectivity index (χ4v) is 16.4. The molecule has 2 heterocycles. The van der Waals surface area contributed by atoms with Crippen molar-refractivity contribution in [2.45, 2.75) is 85.8 Å². The Morgan fingerprint density at radius 1 is 0.619 bits per heavy atom. The Labute approximate surface area is 569 Å². The third-order valence-corrected chi connectivity index (χ3v) is 22.4. The summed E-state index contributed by atoms with van der Waals surface area (Å²) in [4.78, 5) is 40.9. The van der Waals surface area contributed by atoms with Crippen molar-refractivity contribution in [2.24, 2.45) is 0 Å². The molecule has 528 valence electrons. The summed E-state index contributed by atoms with van der Waals surface area (Å²) >= 11 is 0. The van der Waals surface area contributed by atoms with Gasteiger partial charge < -0.3 is 48.5 Å². The van der Waals surface area contributed by atoms with E-state index in [-0.39, 0.29) is 84.0 Å². The van der Waals surface area contributed by atoms with Gasteiger partial charge in [-0.05, 0) is 131 Å². The maximum atomic E-state index is 13.7. The van der Waals surface area contributed by atoms with E-state index in [0.29, 0.717) is 109 Å². The predicted octanol–water partition coefficient (Wildman–Crippen LogP) is 6.11. The van der Waals surface area contributed by atoms with Crippen molar-refractivity contribution in [3.8, 4) is 0 Å². The van der Waals surface area contributed by atoms with Gasteiger partial charge in [0.25, 0.3) is 36.3 Å². The smallest absolute Gasteiger partial charge is 0.338 e. The zero-order valence-corrected chi connectivity index (χ0v) is 58.8. The standard InChI is InChI=1S/C67H85N4O21PS4/c1-66(30-15-45-94(75,76)77)56-48-53(96(81,82)83)25-28-58(56)70(34-13-7-12-23-63(72)68-32-33-69-64(73)50-24-27-55(65(74)88-4)60(47-50)93(51-17-8-5-9-18-51)52-19-10-6-11-20-52)61(66)21-14-22-62-67(2,31-16-46-95(78,79)80)57-49-54(97(84,85)86)26-29-59(57)71(62)35-36-89-39-40-91-43-44-92-42-41-90-38-37-87-3/h5-6,8-11,14,17-22,24-29,47-49H,7,12-13,15-16,23,30-46H2,1-4H3,(H5-,68,69,72,73,75,76,77,78,79,80,81,82,83,84,85,86). The first kappa shape index (κ1) is 77.7. The van der Waals surface area contributed by atoms with Gasteiger partial charge in [0.2, 0.25) is 11.6 Å². The summed E-state index contributed by atoms with van der Waals surface area (Å²) in [6.45, 7) is 6.93. The van der Waals surface area contributed by atoms with Crippen LogP contribution in [0.1, 0.15) is 97.1 Å². The summed E-state index contributed by atoms with van der Waals surface area (Å²) < 4.78 is 176. The van der Waals surface area contributed by atoms with E-state index in [1.165, 1.54) is 43.5 Å². The number of esters is 1. The number of methoxy groups -OCH3 is 2. The predicted molar refractivity (Wildman–Crippen MR) is 366 cm³/mol. The average molecular weight is 1440 g/mol. The topological polar surface area (TPSA) is 357 Å². The number of unbranched alkanes of at least 4 members (excludes halogenated alkanes) is 2. The van der Waals surface area contributed by atoms with E-state index in [9.17, 15) is 66.3 Å². The molecule has 2 aliphatic rings. The lowest BCUT2D eigenvalue weighted by atomic mass is 9.75. The van der Waals surface area contributed by atoms with Gasteiger partial charge in [0.15, 0.2) is 5.71 Å². The van der Waals surface area contributed by atoms with Gasteiger partial charge in [-0.3, -0.25) is 23.2 Å². The monoisotopic (exact) mass is 1440 g/mol. The van der Waals surface area contributed by atoms with Crippen molar-refractivity contribution in [1.29, 1.82) is 0 Å². The molecule has 25 nitrogen and oxygen atoms in total. The largest absolute Gasteiger partial charge is 0.744 e. The molecule has 0 spiro atoms. The van der Waals surface area contributed by atoms with Crippen LogP contribution in [0.25, 0.3) is 0 Å². The number of amides is 2. The molecule has 5 N–H and O–H groups in total. The van der Waals surface area contributed by atoms with Crippen LogP contribution < -0.4 is 31.4 Å². The minimum absolute atomic E-state index is 0.0175. The lowest BCUT2D eigenvalue weighted by Crippen LogP contribution is -2.35. The first-order chi connectivity index (χ1) is 46.1. The molecule has 30 heteroatoms. The van der Waals surface area contributed by atoms with E-state index in [0.717, 1.165) is 10.6 Å². The van der Waals surface area contributed by atoms with Gasteiger partial charge in [0, 0.05) is 85.0 Å². The first-order valence-corrected chi connectivity index (χ1v) is 38.9. The molecule has 2 amide bonds. The number of carbonyl (C=O) groups is 3. The maximum absolute atomic E-state index is 13.7. The van der Waals surface area contributed by atoms with E-state index in [1.807, 2.05) is 70.1 Å². The number of allylic oxidation sites excluding steroid dienone is 4. The molecule has 0 aromatic heterocycles. The van der Waals surface area contributed by atoms with Gasteiger partial charge >= 0.3 is 5.97 Å². The summed E-state index contributed by atoms with van der Waals surface area (Å²) in [7, 11) is -17.1. The average Bonchev–Trinajstić information content (AvgIpc) is 1.60. The number of nitrogens with one attached hydrogen (secondary N) is 2. The second-order valence-electron chi connectivity index (χ2n) is 23.4. The second kappa shape index (κ2) is 35.9. The Morgan fingerprint density at radius 2 is 1.18 bits per heavy atom. The van der Waals surface area contributed by atoms with E-state index in [4.69, 9.17) is 28.4 Å². The summed E-state index contributed by atoms with van der Waals surface area (Å²) in [5.41, 5.74) is 1.02. The van der Waals surface area contributed by atoms with Gasteiger partial charge in [-0.25, -0.2) is 13.2 Å². The van der Waals surface area contributed by atoms with Crippen molar-refractivity contribution >= 4 is 99.2 Å². The highest BCUT2D eigenvalue weighted by Crippen LogP contribution is 2.52. The molecule has 5 aromatic carbocycles. The fraction of sp³-hybridized carbons (Fsp3) is 0.433. The highest BCUT2D eigenvalue weighted by molar-refractivity contribution is 7.86. The molecule has 0 radical (unpaired) electrons. The third-order valence-electron chi connectivity index (χ3n) is 16.6. The first-order valence-electron chi connectivity index (χ1n) is 31.5. The number of benzene rings is 5. The Kier molecular flexibility index (Phi) is 28.8. The fourth-order valence-electron chi connectivity index (χ4n) is 11.9. The number of carbonyl (C=O) groups excluding carboxylic acids is 3. The van der Waals surface area contributed by atoms with Crippen LogP contribution in [0.5, 0.6) is 0 Å². The molecule has 0 saturated heterocycles. The summed E-state index contributed by atoms with van der Waals surface area (Å²) in [5.74, 6) is -2.53. The van der Waals surface area contributed by atoms with Crippen LogP contribution in [-0.4, -0.2) is 191 Å². The zero-order chi connectivity index (χ0) is 70.4. The number of ether oxygens (including phenoxy) is 6. The van der Waals surface area contributed by atoms with Crippen LogP contribution in [-0.2, 0) is 84.5 Å². The van der Waals surface area contributed by atoms with Gasteiger partial charge in [-0.15, -0.1) is 0 Å². The van der Waals surface area contributed by atoms with Crippen molar-refractivity contribution < 1.29 is 99.3 Å². The molecule has 0 saturated carbocycles. The van der Waals surface area contributed by atoms with Crippen LogP contribution in [0, 0.1) is 0 Å². The third kappa shape index (κ3) is 22.2. The van der Waals surface area contributed by atoms with E-state index in [1.54, 1.807) is 57.4 Å². The molecule has 2 unspecified atom stereocenters. The molecular weight excluding hydrogens is 1360 g/mol. The summed E-state index contributed by atoms with van der Waals surface area (Å²) in [5, 5.41) is 8.27. The molecule has 97 heavy (non-hydrogen) atoms. The maximum Gasteiger partial charge on any atom is 0.338 e. The minimum atomic E-state index is -5.02. The summed E-state index contributed by atoms with van der Waals surface area (Å²) in [6, 6.07) is 32.2. The van der Waals surface area contributed by atoms with Gasteiger partial charge in [0.05, 0.1) is 98.8 Å². The highest BCUT2D eigenvalue weighted by Gasteiger charge is 2.48. The SMILES string of the molecule is COCCOCCOCCOCCOCCN1C(=CC=CC2=[N+](CCCCCC(=O)NCCNC(=O)c3ccc(C(=O)OC)c(P(c4ccccc4)c4ccccc4)c3)c3ccc(S(=O)(=O)[O-])cc3C2(C)CCCS(=O)(=O)O)C(C)(CCCS(=O)(=O)O)c2cc(S(=O)(=O)O)ccc21. The molecule has 2 atom stereocenters. The van der Waals surface area contributed by atoms with Crippen LogP contribution >= 0.6 is 7.92 Å². The Bertz CT molecular complexity index is 4060. The van der Waals surface area contributed by atoms with Crippen molar-refractivity contribution in [1.82, 2.24) is 10.6 Å². The molecule has 5 aromatic rings. The van der Waals surface area contributed by atoms with E-state index in [2.05, 4.69) is 10.6 Å². The van der Waals surface area contributed by atoms with Crippen LogP contribution in [0.4, 0.5) is 11.4 Å². The number of hydrogen-bond acceptors (Lipinski definition) is 19. The molecule has 7 rings (SSSR count). The Hall–Kier alpha value is -6.67. The summed E-state index contributed by atoms with van der Waals surface area (Å²) in [6.07, 6.45) is 6.46. The van der Waals surface area contributed by atoms with Crippen LogP contribution in [0.2, 0.25) is 0 Å². The normalized spacial score (nSPS) is 16.9. The molecule has 0 bridgehead atoms. The highest BCUT2D eigenvalue weighted by atomic mass is 32.2. The zero-order valence-electron chi connectivity index (χ0n) is 54.6. The number of anilines is 1.